The highest BCUT2D eigenvalue weighted by Gasteiger charge is 2.41. The smallest absolute Gasteiger partial charge is 0.126 e. The van der Waals surface area contributed by atoms with Crippen molar-refractivity contribution >= 4 is 12.4 Å². The summed E-state index contributed by atoms with van der Waals surface area (Å²) in [5.41, 5.74) is 6.17. The molecule has 1 fully saturated rings. The van der Waals surface area contributed by atoms with Crippen molar-refractivity contribution in [3.05, 3.63) is 29.8 Å². The Morgan fingerprint density at radius 2 is 2.17 bits per heavy atom. The Morgan fingerprint density at radius 1 is 1.50 bits per heavy atom. The van der Waals surface area contributed by atoms with E-state index in [2.05, 4.69) is 4.98 Å². The molecule has 2 N–H and O–H groups in total. The summed E-state index contributed by atoms with van der Waals surface area (Å²) >= 11 is 0. The molecule has 4 heteroatoms. The van der Waals surface area contributed by atoms with Crippen LogP contribution in [0, 0.1) is 5.82 Å². The number of hydrogen-bond donors (Lipinski definition) is 1. The Hall–Kier alpha value is -0.670. The van der Waals surface area contributed by atoms with Gasteiger partial charge in [-0.25, -0.2) is 4.39 Å². The molecule has 0 aromatic carbocycles. The second-order valence-electron chi connectivity index (χ2n) is 3.02. The highest BCUT2D eigenvalue weighted by molar-refractivity contribution is 5.85. The number of halogens is 2. The predicted molar refractivity (Wildman–Crippen MR) is 46.5 cm³/mol. The number of hydrogen-bond acceptors (Lipinski definition) is 2. The zero-order chi connectivity index (χ0) is 7.90. The van der Waals surface area contributed by atoms with Crippen LogP contribution < -0.4 is 5.73 Å². The van der Waals surface area contributed by atoms with E-state index in [1.165, 1.54) is 18.3 Å². The number of nitrogens with two attached hydrogens (primary N) is 1. The Balaban J connectivity index is 0.000000720. The first kappa shape index (κ1) is 9.42. The molecular formula is C8H10ClFN2. The third kappa shape index (κ3) is 1.57. The van der Waals surface area contributed by atoms with Crippen LogP contribution in [-0.2, 0) is 5.54 Å². The summed E-state index contributed by atoms with van der Waals surface area (Å²) in [6, 6.07) is 2.74. The van der Waals surface area contributed by atoms with Crippen LogP contribution in [0.5, 0.6) is 0 Å². The van der Waals surface area contributed by atoms with Crippen LogP contribution in [-0.4, -0.2) is 4.98 Å². The first-order chi connectivity index (χ1) is 5.21. The minimum atomic E-state index is -0.317. The lowest BCUT2D eigenvalue weighted by Crippen LogP contribution is -2.20. The third-order valence-corrected chi connectivity index (χ3v) is 2.02. The van der Waals surface area contributed by atoms with Gasteiger partial charge in [-0.2, -0.15) is 0 Å². The van der Waals surface area contributed by atoms with Crippen molar-refractivity contribution in [2.45, 2.75) is 18.4 Å². The van der Waals surface area contributed by atoms with E-state index in [4.69, 9.17) is 5.73 Å². The fourth-order valence-corrected chi connectivity index (χ4v) is 1.07. The molecule has 1 aromatic rings. The molecule has 1 aliphatic rings. The van der Waals surface area contributed by atoms with Gasteiger partial charge in [-0.15, -0.1) is 12.4 Å². The SMILES string of the molecule is Cl.NC1(c2cc(F)ccn2)CC1. The van der Waals surface area contributed by atoms with E-state index in [-0.39, 0.29) is 23.8 Å². The summed E-state index contributed by atoms with van der Waals surface area (Å²) in [5.74, 6) is -0.258. The molecule has 0 amide bonds. The molecule has 0 saturated heterocycles. The Morgan fingerprint density at radius 3 is 2.67 bits per heavy atom. The second-order valence-corrected chi connectivity index (χ2v) is 3.02. The molecule has 12 heavy (non-hydrogen) atoms. The number of pyridine rings is 1. The van der Waals surface area contributed by atoms with E-state index in [9.17, 15) is 4.39 Å². The maximum atomic E-state index is 12.6. The Kier molecular flexibility index (Phi) is 2.35. The van der Waals surface area contributed by atoms with Gasteiger partial charge < -0.3 is 5.73 Å². The molecule has 0 aliphatic heterocycles. The maximum Gasteiger partial charge on any atom is 0.126 e. The lowest BCUT2D eigenvalue weighted by Gasteiger charge is -2.05. The van der Waals surface area contributed by atoms with Crippen LogP contribution in [0.1, 0.15) is 18.5 Å². The number of aromatic nitrogens is 1. The maximum absolute atomic E-state index is 12.6. The van der Waals surface area contributed by atoms with E-state index in [1.54, 1.807) is 0 Å². The highest BCUT2D eigenvalue weighted by atomic mass is 35.5. The van der Waals surface area contributed by atoms with Crippen LogP contribution in [0.25, 0.3) is 0 Å². The van der Waals surface area contributed by atoms with Crippen LogP contribution in [0.4, 0.5) is 4.39 Å². The monoisotopic (exact) mass is 188 g/mol. The fraction of sp³-hybridized carbons (Fsp3) is 0.375. The van der Waals surface area contributed by atoms with Crippen molar-refractivity contribution in [1.29, 1.82) is 0 Å². The topological polar surface area (TPSA) is 38.9 Å². The summed E-state index contributed by atoms with van der Waals surface area (Å²) in [4.78, 5) is 4.01. The van der Waals surface area contributed by atoms with Crippen LogP contribution >= 0.6 is 12.4 Å². The standard InChI is InChI=1S/C8H9FN2.ClH/c9-6-1-4-11-7(5-6)8(10)2-3-8;/h1,4-5H,2-3,10H2;1H. The zero-order valence-corrected chi connectivity index (χ0v) is 7.27. The van der Waals surface area contributed by atoms with E-state index in [1.807, 2.05) is 0 Å². The lowest BCUT2D eigenvalue weighted by molar-refractivity contribution is 0.610. The molecule has 0 spiro atoms. The second kappa shape index (κ2) is 2.99. The summed E-state index contributed by atoms with van der Waals surface area (Å²) in [7, 11) is 0. The average Bonchev–Trinajstić information content (AvgIpc) is 2.70. The molecule has 0 radical (unpaired) electrons. The van der Waals surface area contributed by atoms with Gasteiger partial charge in [0.1, 0.15) is 5.82 Å². The van der Waals surface area contributed by atoms with E-state index >= 15 is 0 Å². The molecule has 1 aromatic heterocycles. The largest absolute Gasteiger partial charge is 0.320 e. The third-order valence-electron chi connectivity index (χ3n) is 2.02. The molecule has 0 bridgehead atoms. The van der Waals surface area contributed by atoms with Gasteiger partial charge in [-0.05, 0) is 25.0 Å². The van der Waals surface area contributed by atoms with Crippen molar-refractivity contribution in [3.63, 3.8) is 0 Å². The molecular weight excluding hydrogens is 179 g/mol. The molecule has 1 heterocycles. The minimum Gasteiger partial charge on any atom is -0.320 e. The molecule has 66 valence electrons. The quantitative estimate of drug-likeness (QED) is 0.727. The van der Waals surface area contributed by atoms with E-state index < -0.39 is 0 Å². The fourth-order valence-electron chi connectivity index (χ4n) is 1.07. The molecule has 2 nitrogen and oxygen atoms in total. The summed E-state index contributed by atoms with van der Waals surface area (Å²) < 4.78 is 12.6. The van der Waals surface area contributed by atoms with Gasteiger partial charge in [-0.1, -0.05) is 0 Å². The average molecular weight is 189 g/mol. The minimum absolute atomic E-state index is 0. The van der Waals surface area contributed by atoms with Gasteiger partial charge in [-0.3, -0.25) is 4.98 Å². The molecule has 1 aliphatic carbocycles. The highest BCUT2D eigenvalue weighted by Crippen LogP contribution is 2.41. The van der Waals surface area contributed by atoms with Gasteiger partial charge in [0.05, 0.1) is 11.2 Å². The van der Waals surface area contributed by atoms with Crippen LogP contribution in [0.3, 0.4) is 0 Å². The van der Waals surface area contributed by atoms with Crippen molar-refractivity contribution in [2.24, 2.45) is 5.73 Å². The number of nitrogens with zero attached hydrogens (tertiary/aromatic N) is 1. The zero-order valence-electron chi connectivity index (χ0n) is 6.46. The molecule has 2 rings (SSSR count). The number of rotatable bonds is 1. The van der Waals surface area contributed by atoms with Crippen molar-refractivity contribution < 1.29 is 4.39 Å². The van der Waals surface area contributed by atoms with Gasteiger partial charge in [0, 0.05) is 6.20 Å². The summed E-state index contributed by atoms with van der Waals surface area (Å²) in [6.45, 7) is 0. The molecule has 0 unspecified atom stereocenters. The Bertz CT molecular complexity index is 286. The summed E-state index contributed by atoms with van der Waals surface area (Å²) in [5, 5.41) is 0. The summed E-state index contributed by atoms with van der Waals surface area (Å²) in [6.07, 6.45) is 3.30. The van der Waals surface area contributed by atoms with E-state index in [0.29, 0.717) is 5.69 Å². The van der Waals surface area contributed by atoms with Crippen LogP contribution in [0.2, 0.25) is 0 Å². The van der Waals surface area contributed by atoms with Crippen molar-refractivity contribution in [1.82, 2.24) is 4.98 Å². The molecule has 1 saturated carbocycles. The Labute approximate surface area is 76.4 Å². The normalized spacial score (nSPS) is 18.2. The van der Waals surface area contributed by atoms with Crippen molar-refractivity contribution in [2.75, 3.05) is 0 Å². The van der Waals surface area contributed by atoms with E-state index in [0.717, 1.165) is 12.8 Å². The first-order valence-corrected chi connectivity index (χ1v) is 3.62. The lowest BCUT2D eigenvalue weighted by atomic mass is 10.2. The van der Waals surface area contributed by atoms with Gasteiger partial charge >= 0.3 is 0 Å². The first-order valence-electron chi connectivity index (χ1n) is 3.62. The van der Waals surface area contributed by atoms with Gasteiger partial charge in [0.25, 0.3) is 0 Å². The predicted octanol–water partition coefficient (Wildman–Crippen LogP) is 1.59. The van der Waals surface area contributed by atoms with Crippen LogP contribution in [0.15, 0.2) is 18.3 Å². The van der Waals surface area contributed by atoms with Crippen molar-refractivity contribution in [3.8, 4) is 0 Å². The van der Waals surface area contributed by atoms with Gasteiger partial charge in [0.2, 0.25) is 0 Å². The van der Waals surface area contributed by atoms with Gasteiger partial charge in [0.15, 0.2) is 0 Å². The molecule has 0 atom stereocenters.